The van der Waals surface area contributed by atoms with E-state index in [0.29, 0.717) is 30.8 Å². The molecule has 8 rings (SSSR count). The van der Waals surface area contributed by atoms with Crippen molar-refractivity contribution in [2.24, 2.45) is 17.8 Å². The summed E-state index contributed by atoms with van der Waals surface area (Å²) in [6.07, 6.45) is 3.16. The molecule has 1 aliphatic carbocycles. The highest BCUT2D eigenvalue weighted by Gasteiger charge is 2.58. The third-order valence-electron chi connectivity index (χ3n) is 12.2. The van der Waals surface area contributed by atoms with Crippen molar-refractivity contribution in [2.75, 3.05) is 18.1 Å². The molecule has 0 radical (unpaired) electrons. The van der Waals surface area contributed by atoms with Crippen molar-refractivity contribution >= 4 is 53.5 Å². The van der Waals surface area contributed by atoms with Gasteiger partial charge in [-0.05, 0) is 81.2 Å². The molecular formula is C48H48N2O8Si. The zero-order chi connectivity index (χ0) is 41.3. The Balaban J connectivity index is 1.19. The molecule has 4 aromatic carbocycles. The number of fused-ring (bicyclic) bond motifs is 3. The summed E-state index contributed by atoms with van der Waals surface area (Å²) in [5.74, 6) is -1.33. The number of amides is 2. The number of hydrogen-bond acceptors (Lipinski definition) is 8. The van der Waals surface area contributed by atoms with Gasteiger partial charge in [-0.15, -0.1) is 0 Å². The predicted molar refractivity (Wildman–Crippen MR) is 229 cm³/mol. The van der Waals surface area contributed by atoms with E-state index in [4.69, 9.17) is 13.6 Å². The number of benzene rings is 4. The number of ether oxygens (including phenoxy) is 1. The summed E-state index contributed by atoms with van der Waals surface area (Å²) >= 11 is 0. The molecule has 2 fully saturated rings. The molecule has 3 aliphatic rings. The Labute approximate surface area is 345 Å². The standard InChI is InChI=1S/C48H48N2O8Si/c1-48(2,3)59(39-18-9-5-10-19-39,40-20-11-6-12-21-40)57-30-34-27-41-45(47(53)49(46(41)52)35-16-13-17-36(28-35)50(54)55)42-31-56-43(44(34)42)25-22-33(32-14-7-4-8-15-32)26-37-23-24-38(29-51)58-37/h4-21,23-24,26,28,41-43,45,51H,22,25,27,29-31H2,1-3H3/b33-26-/t41-,42+,43-,45-/m1/s1. The summed E-state index contributed by atoms with van der Waals surface area (Å²) in [4.78, 5) is 41.3. The summed E-state index contributed by atoms with van der Waals surface area (Å²) in [6, 6.07) is 40.2. The third-order valence-corrected chi connectivity index (χ3v) is 17.1. The van der Waals surface area contributed by atoms with Gasteiger partial charge in [-0.3, -0.25) is 19.7 Å². The van der Waals surface area contributed by atoms with Gasteiger partial charge in [0.1, 0.15) is 18.1 Å². The van der Waals surface area contributed by atoms with Gasteiger partial charge >= 0.3 is 0 Å². The van der Waals surface area contributed by atoms with E-state index >= 15 is 0 Å². The minimum atomic E-state index is -3.01. The first kappa shape index (κ1) is 40.1. The summed E-state index contributed by atoms with van der Waals surface area (Å²) in [6.45, 7) is 7.00. The highest BCUT2D eigenvalue weighted by molar-refractivity contribution is 6.99. The number of aliphatic hydroxyl groups is 1. The van der Waals surface area contributed by atoms with E-state index in [2.05, 4.69) is 81.4 Å². The Morgan fingerprint density at radius 1 is 0.881 bits per heavy atom. The Kier molecular flexibility index (Phi) is 11.2. The van der Waals surface area contributed by atoms with Gasteiger partial charge in [0, 0.05) is 18.1 Å². The number of aliphatic hydroxyl groups excluding tert-OH is 1. The molecule has 5 aromatic rings. The lowest BCUT2D eigenvalue weighted by atomic mass is 9.69. The molecule has 302 valence electrons. The van der Waals surface area contributed by atoms with Crippen LogP contribution in [0.15, 0.2) is 143 Å². The number of rotatable bonds is 13. The normalized spacial score (nSPS) is 20.9. The predicted octanol–water partition coefficient (Wildman–Crippen LogP) is 8.10. The molecule has 0 unspecified atom stereocenters. The van der Waals surface area contributed by atoms with Crippen LogP contribution in [0.4, 0.5) is 11.4 Å². The SMILES string of the molecule is CC(C)(C)[Si](OCC1=C2[C@@H](CC/C(=C/c3ccc(CO)o3)c3ccccc3)OC[C@@H]2[C@@H]2C(=O)N(c3cccc([N+](=O)[O-])c3)C(=O)[C@@H]2C1)(c1ccccc1)c1ccccc1. The van der Waals surface area contributed by atoms with Gasteiger partial charge in [0.2, 0.25) is 11.8 Å². The number of furan rings is 1. The number of allylic oxidation sites excluding steroid dienone is 1. The van der Waals surface area contributed by atoms with Crippen molar-refractivity contribution in [3.63, 3.8) is 0 Å². The topological polar surface area (TPSA) is 132 Å². The first-order chi connectivity index (χ1) is 28.5. The largest absolute Gasteiger partial charge is 0.459 e. The number of carbonyl (C=O) groups excluding carboxylic acids is 2. The molecule has 2 saturated heterocycles. The molecule has 2 amide bonds. The van der Waals surface area contributed by atoms with Gasteiger partial charge < -0.3 is 18.7 Å². The van der Waals surface area contributed by atoms with Crippen LogP contribution in [0.2, 0.25) is 5.04 Å². The van der Waals surface area contributed by atoms with Crippen LogP contribution in [0.3, 0.4) is 0 Å². The maximum atomic E-state index is 14.5. The maximum absolute atomic E-state index is 14.5. The molecular weight excluding hydrogens is 761 g/mol. The van der Waals surface area contributed by atoms with Crippen LogP contribution in [0.25, 0.3) is 11.6 Å². The minimum absolute atomic E-state index is 0.190. The van der Waals surface area contributed by atoms with Crippen LogP contribution < -0.4 is 15.3 Å². The lowest BCUT2D eigenvalue weighted by Crippen LogP contribution is -2.66. The molecule has 0 saturated carbocycles. The highest BCUT2D eigenvalue weighted by Crippen LogP contribution is 2.51. The quantitative estimate of drug-likeness (QED) is 0.0415. The van der Waals surface area contributed by atoms with Crippen molar-refractivity contribution in [3.8, 4) is 0 Å². The number of nitrogens with zero attached hydrogens (tertiary/aromatic N) is 2. The number of carbonyl (C=O) groups is 2. The van der Waals surface area contributed by atoms with Crippen LogP contribution >= 0.6 is 0 Å². The molecule has 2 aliphatic heterocycles. The average Bonchev–Trinajstić information content (AvgIpc) is 3.96. The fourth-order valence-electron chi connectivity index (χ4n) is 9.53. The van der Waals surface area contributed by atoms with Crippen molar-refractivity contribution in [3.05, 3.63) is 166 Å². The van der Waals surface area contributed by atoms with E-state index in [-0.39, 0.29) is 60.1 Å². The fraction of sp³-hybridized carbons (Fsp3) is 0.292. The fourth-order valence-corrected chi connectivity index (χ4v) is 14.1. The van der Waals surface area contributed by atoms with Crippen molar-refractivity contribution < 1.29 is 33.2 Å². The number of hydrogen-bond donors (Lipinski definition) is 1. The van der Waals surface area contributed by atoms with Crippen LogP contribution in [0.5, 0.6) is 0 Å². The zero-order valence-corrected chi connectivity index (χ0v) is 34.5. The Bertz CT molecular complexity index is 2360. The second kappa shape index (κ2) is 16.5. The number of anilines is 1. The lowest BCUT2D eigenvalue weighted by Gasteiger charge is -2.44. The number of non-ortho nitro benzene ring substituents is 1. The molecule has 4 atom stereocenters. The van der Waals surface area contributed by atoms with Crippen LogP contribution in [-0.4, -0.2) is 49.5 Å². The van der Waals surface area contributed by atoms with E-state index < -0.39 is 25.1 Å². The monoisotopic (exact) mass is 808 g/mol. The van der Waals surface area contributed by atoms with Crippen LogP contribution in [-0.2, 0) is 25.4 Å². The van der Waals surface area contributed by atoms with Gasteiger partial charge in [-0.2, -0.15) is 0 Å². The summed E-state index contributed by atoms with van der Waals surface area (Å²) < 4.78 is 20.1. The number of imide groups is 1. The average molecular weight is 809 g/mol. The zero-order valence-electron chi connectivity index (χ0n) is 33.5. The van der Waals surface area contributed by atoms with Crippen molar-refractivity contribution in [1.29, 1.82) is 0 Å². The molecule has 3 heterocycles. The molecule has 1 N–H and O–H groups in total. The second-order valence-electron chi connectivity index (χ2n) is 16.6. The van der Waals surface area contributed by atoms with Crippen LogP contribution in [0, 0.1) is 27.9 Å². The van der Waals surface area contributed by atoms with Gasteiger partial charge in [0.25, 0.3) is 14.0 Å². The smallest absolute Gasteiger partial charge is 0.271 e. The summed E-state index contributed by atoms with van der Waals surface area (Å²) in [5.41, 5.74) is 4.05. The molecule has 59 heavy (non-hydrogen) atoms. The van der Waals surface area contributed by atoms with E-state index in [1.165, 1.54) is 18.2 Å². The number of nitro groups is 1. The molecule has 1 aromatic heterocycles. The second-order valence-corrected chi connectivity index (χ2v) is 20.9. The third kappa shape index (κ3) is 7.55. The summed E-state index contributed by atoms with van der Waals surface area (Å²) in [7, 11) is -3.01. The van der Waals surface area contributed by atoms with Crippen LogP contribution in [0.1, 0.15) is 57.1 Å². The van der Waals surface area contributed by atoms with E-state index in [9.17, 15) is 24.8 Å². The molecule has 0 bridgehead atoms. The first-order valence-electron chi connectivity index (χ1n) is 20.2. The Morgan fingerprint density at radius 2 is 1.54 bits per heavy atom. The van der Waals surface area contributed by atoms with Gasteiger partial charge in [0.15, 0.2) is 0 Å². The minimum Gasteiger partial charge on any atom is -0.459 e. The van der Waals surface area contributed by atoms with E-state index in [0.717, 1.165) is 37.6 Å². The highest BCUT2D eigenvalue weighted by atomic mass is 28.4. The van der Waals surface area contributed by atoms with E-state index in [1.807, 2.05) is 42.5 Å². The van der Waals surface area contributed by atoms with Gasteiger partial charge in [-0.1, -0.05) is 118 Å². The van der Waals surface area contributed by atoms with Gasteiger partial charge in [0.05, 0.1) is 41.8 Å². The Hall–Kier alpha value is -5.72. The summed E-state index contributed by atoms with van der Waals surface area (Å²) in [5, 5.41) is 23.3. The van der Waals surface area contributed by atoms with Crippen molar-refractivity contribution in [2.45, 2.75) is 57.8 Å². The molecule has 0 spiro atoms. The number of nitro benzene ring substituents is 1. The van der Waals surface area contributed by atoms with Gasteiger partial charge in [-0.25, -0.2) is 4.90 Å². The maximum Gasteiger partial charge on any atom is 0.271 e. The van der Waals surface area contributed by atoms with E-state index in [1.54, 1.807) is 12.1 Å². The first-order valence-corrected chi connectivity index (χ1v) is 22.1. The molecule has 10 nitrogen and oxygen atoms in total. The molecule has 11 heteroatoms. The van der Waals surface area contributed by atoms with Crippen molar-refractivity contribution in [1.82, 2.24) is 0 Å². The lowest BCUT2D eigenvalue weighted by molar-refractivity contribution is -0.384. The Morgan fingerprint density at radius 3 is 2.15 bits per heavy atom.